The molecule has 0 fully saturated rings. The predicted molar refractivity (Wildman–Crippen MR) is 67.4 cm³/mol. The van der Waals surface area contributed by atoms with Gasteiger partial charge in [0.2, 0.25) is 5.79 Å². The van der Waals surface area contributed by atoms with Crippen LogP contribution in [0.15, 0.2) is 48.5 Å². The van der Waals surface area contributed by atoms with E-state index >= 15 is 0 Å². The number of aliphatic hydroxyl groups is 1. The third-order valence-electron chi connectivity index (χ3n) is 3.33. The lowest BCUT2D eigenvalue weighted by atomic mass is 9.94. The number of phenols is 1. The quantitative estimate of drug-likeness (QED) is 0.808. The molecule has 0 spiro atoms. The van der Waals surface area contributed by atoms with Gasteiger partial charge in [0.05, 0.1) is 0 Å². The number of ether oxygens (including phenoxy) is 1. The van der Waals surface area contributed by atoms with E-state index in [0.717, 1.165) is 11.1 Å². The Kier molecular flexibility index (Phi) is 2.49. The van der Waals surface area contributed by atoms with E-state index in [1.54, 1.807) is 18.2 Å². The van der Waals surface area contributed by atoms with E-state index in [9.17, 15) is 10.2 Å². The Morgan fingerprint density at radius 2 is 1.78 bits per heavy atom. The van der Waals surface area contributed by atoms with Gasteiger partial charge in [-0.1, -0.05) is 36.4 Å². The molecule has 0 aliphatic carbocycles. The lowest BCUT2D eigenvalue weighted by molar-refractivity contribution is -0.158. The van der Waals surface area contributed by atoms with Crippen molar-refractivity contribution < 1.29 is 14.9 Å². The Labute approximate surface area is 105 Å². The van der Waals surface area contributed by atoms with E-state index in [2.05, 4.69) is 0 Å². The zero-order valence-corrected chi connectivity index (χ0v) is 9.84. The highest BCUT2D eigenvalue weighted by Crippen LogP contribution is 2.40. The van der Waals surface area contributed by atoms with E-state index < -0.39 is 5.79 Å². The third-order valence-corrected chi connectivity index (χ3v) is 3.33. The van der Waals surface area contributed by atoms with Gasteiger partial charge in [-0.3, -0.25) is 0 Å². The second-order valence-corrected chi connectivity index (χ2v) is 4.51. The number of phenolic OH excluding ortho intramolecular Hbond substituents is 1. The van der Waals surface area contributed by atoms with Gasteiger partial charge in [0.15, 0.2) is 0 Å². The van der Waals surface area contributed by atoms with Crippen molar-refractivity contribution in [3.05, 3.63) is 59.7 Å². The Morgan fingerprint density at radius 3 is 2.56 bits per heavy atom. The van der Waals surface area contributed by atoms with Crippen LogP contribution < -0.4 is 4.74 Å². The van der Waals surface area contributed by atoms with Crippen LogP contribution >= 0.6 is 0 Å². The fourth-order valence-corrected chi connectivity index (χ4v) is 2.33. The molecule has 1 atom stereocenters. The maximum atomic E-state index is 10.6. The summed E-state index contributed by atoms with van der Waals surface area (Å²) in [6, 6.07) is 14.4. The highest BCUT2D eigenvalue weighted by molar-refractivity contribution is 5.46. The van der Waals surface area contributed by atoms with Crippen molar-refractivity contribution in [1.29, 1.82) is 0 Å². The van der Waals surface area contributed by atoms with E-state index in [4.69, 9.17) is 4.74 Å². The van der Waals surface area contributed by atoms with Crippen LogP contribution in [0, 0.1) is 0 Å². The standard InChI is InChI=1S/C15H14O3/c16-13-7-4-8-14-12(13)9-10-15(17,18-14)11-5-2-1-3-6-11/h1-8,16-17H,9-10H2. The summed E-state index contributed by atoms with van der Waals surface area (Å²) in [4.78, 5) is 0. The summed E-state index contributed by atoms with van der Waals surface area (Å²) in [5.41, 5.74) is 1.50. The van der Waals surface area contributed by atoms with Crippen molar-refractivity contribution in [2.45, 2.75) is 18.6 Å². The summed E-state index contributed by atoms with van der Waals surface area (Å²) >= 11 is 0. The van der Waals surface area contributed by atoms with Crippen LogP contribution in [-0.4, -0.2) is 10.2 Å². The fourth-order valence-electron chi connectivity index (χ4n) is 2.33. The van der Waals surface area contributed by atoms with Crippen molar-refractivity contribution >= 4 is 0 Å². The van der Waals surface area contributed by atoms with E-state index in [0.29, 0.717) is 18.6 Å². The average molecular weight is 242 g/mol. The molecule has 1 aliphatic rings. The maximum Gasteiger partial charge on any atom is 0.235 e. The van der Waals surface area contributed by atoms with Gasteiger partial charge in [0.1, 0.15) is 11.5 Å². The molecular formula is C15H14O3. The average Bonchev–Trinajstić information content (AvgIpc) is 2.40. The van der Waals surface area contributed by atoms with Crippen molar-refractivity contribution in [1.82, 2.24) is 0 Å². The monoisotopic (exact) mass is 242 g/mol. The molecule has 0 saturated heterocycles. The van der Waals surface area contributed by atoms with Gasteiger partial charge in [0.25, 0.3) is 0 Å². The van der Waals surface area contributed by atoms with Crippen LogP contribution in [0.3, 0.4) is 0 Å². The van der Waals surface area contributed by atoms with Gasteiger partial charge in [0, 0.05) is 17.5 Å². The van der Waals surface area contributed by atoms with Crippen molar-refractivity contribution in [2.75, 3.05) is 0 Å². The van der Waals surface area contributed by atoms with Crippen LogP contribution in [0.4, 0.5) is 0 Å². The second kappa shape index (κ2) is 4.03. The Morgan fingerprint density at radius 1 is 1.00 bits per heavy atom. The minimum absolute atomic E-state index is 0.225. The first-order chi connectivity index (χ1) is 8.69. The summed E-state index contributed by atoms with van der Waals surface area (Å²) in [5.74, 6) is -0.530. The van der Waals surface area contributed by atoms with Crippen LogP contribution in [0.1, 0.15) is 17.5 Å². The molecule has 3 heteroatoms. The highest BCUT2D eigenvalue weighted by Gasteiger charge is 2.36. The van der Waals surface area contributed by atoms with Crippen LogP contribution in [0.2, 0.25) is 0 Å². The molecule has 18 heavy (non-hydrogen) atoms. The number of aromatic hydroxyl groups is 1. The molecule has 0 bridgehead atoms. The van der Waals surface area contributed by atoms with Gasteiger partial charge in [-0.05, 0) is 18.6 Å². The van der Waals surface area contributed by atoms with Crippen molar-refractivity contribution in [3.8, 4) is 11.5 Å². The second-order valence-electron chi connectivity index (χ2n) is 4.51. The first kappa shape index (κ1) is 11.1. The Hall–Kier alpha value is -2.00. The summed E-state index contributed by atoms with van der Waals surface area (Å²) in [5, 5.41) is 20.3. The Bertz CT molecular complexity index is 565. The molecule has 1 heterocycles. The SMILES string of the molecule is Oc1cccc2c1CCC(O)(c1ccccc1)O2. The zero-order chi connectivity index (χ0) is 12.6. The summed E-state index contributed by atoms with van der Waals surface area (Å²) in [6.45, 7) is 0. The minimum Gasteiger partial charge on any atom is -0.508 e. The number of rotatable bonds is 1. The molecule has 2 aromatic rings. The van der Waals surface area contributed by atoms with Gasteiger partial charge < -0.3 is 14.9 Å². The molecule has 0 amide bonds. The zero-order valence-electron chi connectivity index (χ0n) is 9.84. The fraction of sp³-hybridized carbons (Fsp3) is 0.200. The van der Waals surface area contributed by atoms with Gasteiger partial charge in [-0.2, -0.15) is 0 Å². The summed E-state index contributed by atoms with van der Waals surface area (Å²) in [7, 11) is 0. The molecular weight excluding hydrogens is 228 g/mol. The van der Waals surface area contributed by atoms with Gasteiger partial charge >= 0.3 is 0 Å². The maximum absolute atomic E-state index is 10.6. The number of benzene rings is 2. The van der Waals surface area contributed by atoms with Gasteiger partial charge in [-0.15, -0.1) is 0 Å². The van der Waals surface area contributed by atoms with E-state index in [-0.39, 0.29) is 5.75 Å². The molecule has 1 unspecified atom stereocenters. The predicted octanol–water partition coefficient (Wildman–Crippen LogP) is 2.56. The summed E-state index contributed by atoms with van der Waals surface area (Å²) < 4.78 is 5.68. The minimum atomic E-state index is -1.30. The number of hydrogen-bond acceptors (Lipinski definition) is 3. The lowest BCUT2D eigenvalue weighted by Crippen LogP contribution is -2.36. The van der Waals surface area contributed by atoms with Crippen LogP contribution in [0.25, 0.3) is 0 Å². The van der Waals surface area contributed by atoms with Gasteiger partial charge in [-0.25, -0.2) is 0 Å². The molecule has 3 rings (SSSR count). The molecule has 1 aliphatic heterocycles. The molecule has 0 aromatic heterocycles. The first-order valence-corrected chi connectivity index (χ1v) is 5.97. The van der Waals surface area contributed by atoms with E-state index in [1.807, 2.05) is 30.3 Å². The first-order valence-electron chi connectivity index (χ1n) is 5.97. The van der Waals surface area contributed by atoms with Crippen molar-refractivity contribution in [2.24, 2.45) is 0 Å². The third kappa shape index (κ3) is 1.73. The highest BCUT2D eigenvalue weighted by atomic mass is 16.6. The largest absolute Gasteiger partial charge is 0.508 e. The summed E-state index contributed by atoms with van der Waals surface area (Å²) in [6.07, 6.45) is 1.02. The number of hydrogen-bond donors (Lipinski definition) is 2. The van der Waals surface area contributed by atoms with Crippen LogP contribution in [0.5, 0.6) is 11.5 Å². The van der Waals surface area contributed by atoms with Crippen LogP contribution in [-0.2, 0) is 12.2 Å². The topological polar surface area (TPSA) is 49.7 Å². The smallest absolute Gasteiger partial charge is 0.235 e. The number of fused-ring (bicyclic) bond motifs is 1. The molecule has 0 radical (unpaired) electrons. The molecule has 92 valence electrons. The normalized spacial score (nSPS) is 22.1. The molecule has 2 N–H and O–H groups in total. The molecule has 0 saturated carbocycles. The van der Waals surface area contributed by atoms with Crippen molar-refractivity contribution in [3.63, 3.8) is 0 Å². The van der Waals surface area contributed by atoms with E-state index in [1.165, 1.54) is 0 Å². The Balaban J connectivity index is 2.00. The molecule has 2 aromatic carbocycles. The lowest BCUT2D eigenvalue weighted by Gasteiger charge is -2.34. The molecule has 3 nitrogen and oxygen atoms in total.